The topological polar surface area (TPSA) is 289 Å². The van der Waals surface area contributed by atoms with Crippen LogP contribution in [0.3, 0.4) is 0 Å². The lowest BCUT2D eigenvalue weighted by Gasteiger charge is -2.73. The Morgan fingerprint density at radius 2 is 1.37 bits per heavy atom. The van der Waals surface area contributed by atoms with Gasteiger partial charge in [-0.15, -0.1) is 0 Å². The van der Waals surface area contributed by atoms with Crippen molar-refractivity contribution in [3.8, 4) is 0 Å². The zero-order valence-corrected chi connectivity index (χ0v) is 42.6. The molecule has 9 N–H and O–H groups in total. The molecule has 0 radical (unpaired) electrons. The molecule has 0 aromatic rings. The number of carboxylic acid groups (broad SMARTS) is 1. The van der Waals surface area contributed by atoms with Crippen molar-refractivity contribution in [2.75, 3.05) is 13.2 Å². The molecule has 396 valence electrons. The van der Waals surface area contributed by atoms with Crippen LogP contribution >= 0.6 is 0 Å². The summed E-state index contributed by atoms with van der Waals surface area (Å²) in [5.74, 6) is -3.39. The van der Waals surface area contributed by atoms with Gasteiger partial charge in [0.05, 0.1) is 43.0 Å². The zero-order chi connectivity index (χ0) is 52.0. The van der Waals surface area contributed by atoms with Gasteiger partial charge in [0.1, 0.15) is 36.6 Å². The van der Waals surface area contributed by atoms with E-state index in [1.54, 1.807) is 39.8 Å². The van der Waals surface area contributed by atoms with Gasteiger partial charge in [0, 0.05) is 28.4 Å². The first-order chi connectivity index (χ1) is 32.6. The molecule has 5 aliphatic carbocycles. The third kappa shape index (κ3) is 8.35. The van der Waals surface area contributed by atoms with Crippen LogP contribution in [0, 0.1) is 50.2 Å². The van der Waals surface area contributed by atoms with E-state index in [-0.39, 0.29) is 29.2 Å². The van der Waals surface area contributed by atoms with Gasteiger partial charge < -0.3 is 74.4 Å². The van der Waals surface area contributed by atoms with Gasteiger partial charge in [-0.3, -0.25) is 0 Å². The predicted octanol–water partition coefficient (Wildman–Crippen LogP) is 2.83. The molecular weight excluding hydrogens is 913 g/mol. The number of fused-ring (bicyclic) bond motifs is 7. The molecule has 7 aliphatic rings. The van der Waals surface area contributed by atoms with E-state index in [4.69, 9.17) is 28.4 Å². The summed E-state index contributed by atoms with van der Waals surface area (Å²) in [6.07, 6.45) is -11.5. The van der Waals surface area contributed by atoms with Gasteiger partial charge in [0.15, 0.2) is 24.8 Å². The Hall–Kier alpha value is -2.85. The number of hydrogen-bond acceptors (Lipinski definition) is 17. The number of esters is 2. The van der Waals surface area contributed by atoms with Gasteiger partial charge in [-0.2, -0.15) is 0 Å². The van der Waals surface area contributed by atoms with Crippen molar-refractivity contribution in [2.45, 2.75) is 207 Å². The van der Waals surface area contributed by atoms with E-state index in [0.29, 0.717) is 44.1 Å². The molecule has 18 heteroatoms. The Labute approximate surface area is 411 Å². The molecule has 6 fully saturated rings. The molecule has 0 bridgehead atoms. The normalized spacial score (nSPS) is 47.9. The lowest BCUT2D eigenvalue weighted by Crippen LogP contribution is -2.76. The van der Waals surface area contributed by atoms with Gasteiger partial charge in [0.2, 0.25) is 0 Å². The predicted molar refractivity (Wildman–Crippen MR) is 249 cm³/mol. The molecule has 0 aromatic carbocycles. The molecule has 4 saturated carbocycles. The second-order valence-corrected chi connectivity index (χ2v) is 23.6. The van der Waals surface area contributed by atoms with Crippen molar-refractivity contribution in [3.63, 3.8) is 0 Å². The van der Waals surface area contributed by atoms with Crippen molar-refractivity contribution in [1.29, 1.82) is 0 Å². The number of rotatable bonds is 11. The highest BCUT2D eigenvalue weighted by Gasteiger charge is 2.76. The molecule has 7 unspecified atom stereocenters. The lowest BCUT2D eigenvalue weighted by atomic mass is 9.32. The van der Waals surface area contributed by atoms with Crippen molar-refractivity contribution in [3.05, 3.63) is 34.9 Å². The summed E-state index contributed by atoms with van der Waals surface area (Å²) in [6.45, 7) is 19.8. The van der Waals surface area contributed by atoms with Crippen LogP contribution in [0.4, 0.5) is 0 Å². The van der Waals surface area contributed by atoms with Crippen molar-refractivity contribution in [1.82, 2.24) is 0 Å². The maximum Gasteiger partial charge on any atom is 0.335 e. The Kier molecular flexibility index (Phi) is 15.3. The molecule has 18 nitrogen and oxygen atoms in total. The summed E-state index contributed by atoms with van der Waals surface area (Å²) in [4.78, 5) is 39.6. The first-order valence-electron chi connectivity index (χ1n) is 25.1. The first kappa shape index (κ1) is 54.9. The molecule has 7 rings (SSSR count). The van der Waals surface area contributed by atoms with E-state index in [1.807, 2.05) is 20.8 Å². The second-order valence-electron chi connectivity index (χ2n) is 23.6. The molecule has 70 heavy (non-hydrogen) atoms. The van der Waals surface area contributed by atoms with Crippen LogP contribution in [-0.2, 0) is 42.8 Å². The van der Waals surface area contributed by atoms with Crippen molar-refractivity contribution < 1.29 is 88.8 Å². The fourth-order valence-corrected chi connectivity index (χ4v) is 14.9. The summed E-state index contributed by atoms with van der Waals surface area (Å²) < 4.78 is 36.9. The van der Waals surface area contributed by atoms with Crippen LogP contribution in [0.2, 0.25) is 0 Å². The maximum absolute atomic E-state index is 13.8. The summed E-state index contributed by atoms with van der Waals surface area (Å²) in [5, 5.41) is 99.9. The number of carbonyl (C=O) groups is 3. The van der Waals surface area contributed by atoms with Gasteiger partial charge in [0.25, 0.3) is 0 Å². The number of hydrogen-bond donors (Lipinski definition) is 9. The second kappa shape index (κ2) is 19.4. The summed E-state index contributed by atoms with van der Waals surface area (Å²) >= 11 is 0. The smallest absolute Gasteiger partial charge is 0.335 e. The largest absolute Gasteiger partial charge is 0.479 e. The summed E-state index contributed by atoms with van der Waals surface area (Å²) in [7, 11) is 0. The van der Waals surface area contributed by atoms with E-state index < -0.39 is 150 Å². The van der Waals surface area contributed by atoms with Crippen molar-refractivity contribution in [2.24, 2.45) is 50.2 Å². The van der Waals surface area contributed by atoms with Gasteiger partial charge in [-0.05, 0) is 100 Å². The molecule has 21 atom stereocenters. The van der Waals surface area contributed by atoms with Crippen LogP contribution in [0.15, 0.2) is 34.9 Å². The van der Waals surface area contributed by atoms with E-state index in [0.717, 1.165) is 5.57 Å². The first-order valence-corrected chi connectivity index (χ1v) is 25.1. The van der Waals surface area contributed by atoms with E-state index in [1.165, 1.54) is 0 Å². The van der Waals surface area contributed by atoms with E-state index in [2.05, 4.69) is 33.8 Å². The Morgan fingerprint density at radius 1 is 0.757 bits per heavy atom. The number of carboxylic acids is 1. The highest BCUT2D eigenvalue weighted by molar-refractivity contribution is 5.89. The Balaban J connectivity index is 1.22. The fraction of sp³-hybridized carbons (Fsp3) is 0.827. The summed E-state index contributed by atoms with van der Waals surface area (Å²) in [5.41, 5.74) is -3.67. The molecule has 0 amide bonds. The number of aliphatic hydroxyl groups is 8. The number of allylic oxidation sites excluding steroid dienone is 3. The van der Waals surface area contributed by atoms with Crippen LogP contribution in [0.25, 0.3) is 0 Å². The summed E-state index contributed by atoms with van der Waals surface area (Å²) in [6, 6.07) is 0. The zero-order valence-electron chi connectivity index (χ0n) is 42.6. The van der Waals surface area contributed by atoms with Crippen LogP contribution < -0.4 is 0 Å². The minimum Gasteiger partial charge on any atom is -0.479 e. The van der Waals surface area contributed by atoms with Gasteiger partial charge in [-0.1, -0.05) is 72.3 Å². The SMILES string of the molecule is CC=C(C)C(=O)O[C@H]1[C@H](OC(=O)C(C)=CC)[C@@]2(CO)C(CC1(C)C)C1=CCC3[C@@]4(C)CC[C@H](O[C@@H]5OC(C(=O)O)[C@@H](O)CC5O[C@@H]5OC(CO)[C@H](O)[C@@H](O)C5O)C(C)(C)C4CC[C@@]3(C)[C@]1(C)[C@@H](O)[C@H]2O. The molecule has 2 saturated heterocycles. The highest BCUT2D eigenvalue weighted by atomic mass is 16.8. The maximum atomic E-state index is 13.8. The molecular formula is C52H80O18. The number of ether oxygens (including phenoxy) is 6. The third-order valence-corrected chi connectivity index (χ3v) is 19.5. The molecule has 0 aromatic heterocycles. The fourth-order valence-electron chi connectivity index (χ4n) is 14.9. The number of aliphatic carboxylic acids is 1. The van der Waals surface area contributed by atoms with Crippen LogP contribution in [-0.4, -0.2) is 163 Å². The number of aliphatic hydroxyl groups excluding tert-OH is 8. The highest BCUT2D eigenvalue weighted by Crippen LogP contribution is 2.76. The molecule has 0 spiro atoms. The monoisotopic (exact) mass is 993 g/mol. The van der Waals surface area contributed by atoms with Crippen LogP contribution in [0.1, 0.15) is 121 Å². The quantitative estimate of drug-likeness (QED) is 0.0623. The minimum atomic E-state index is -1.77. The van der Waals surface area contributed by atoms with E-state index in [9.17, 15) is 60.3 Å². The molecule has 2 aliphatic heterocycles. The number of carbonyl (C=O) groups excluding carboxylic acids is 2. The van der Waals surface area contributed by atoms with Gasteiger partial charge in [-0.25, -0.2) is 14.4 Å². The average molecular weight is 993 g/mol. The lowest BCUT2D eigenvalue weighted by molar-refractivity contribution is -0.359. The standard InChI is InChI=1S/C52H80O18/c1-12-24(3)43(63)69-40-41(70-44(64)25(4)13-2)52(23-54)27(21-47(40,5)6)26-14-15-32-49(9)18-17-33(48(7,8)31(49)16-19-50(32,10)51(26,11)38(59)39(52)60)67-45-29(20-28(55)37(68-45)42(61)62)65-46-36(58)35(57)34(56)30(22-53)66-46/h12-14,27-41,45-46,53-60H,15-23H2,1-11H3,(H,61,62)/t27?,28-,29?,30?,31?,32?,33-,34-,35+,36?,37?,38-,39+,40-,41-,45+,46+,49-,50+,51-,52-/m0/s1. The minimum absolute atomic E-state index is 0.00447. The molecule has 2 heterocycles. The third-order valence-electron chi connectivity index (χ3n) is 19.5. The Morgan fingerprint density at radius 3 is 1.94 bits per heavy atom. The van der Waals surface area contributed by atoms with E-state index >= 15 is 0 Å². The Bertz CT molecular complexity index is 2080. The van der Waals surface area contributed by atoms with Crippen LogP contribution in [0.5, 0.6) is 0 Å². The van der Waals surface area contributed by atoms with Gasteiger partial charge >= 0.3 is 17.9 Å². The average Bonchev–Trinajstić information content (AvgIpc) is 3.30. The van der Waals surface area contributed by atoms with Crippen molar-refractivity contribution >= 4 is 17.9 Å².